The van der Waals surface area contributed by atoms with Crippen LogP contribution in [0, 0.1) is 11.7 Å². The van der Waals surface area contributed by atoms with E-state index >= 15 is 0 Å². The molecule has 0 radical (unpaired) electrons. The van der Waals surface area contributed by atoms with E-state index in [4.69, 9.17) is 9.47 Å². The van der Waals surface area contributed by atoms with E-state index in [1.165, 1.54) is 19.5 Å². The van der Waals surface area contributed by atoms with Gasteiger partial charge in [-0.05, 0) is 18.4 Å². The Morgan fingerprint density at radius 1 is 1.27 bits per heavy atom. The first-order valence-electron chi connectivity index (χ1n) is 7.40. The molecule has 0 spiro atoms. The summed E-state index contributed by atoms with van der Waals surface area (Å²) in [5.74, 6) is 1.11. The van der Waals surface area contributed by atoms with Gasteiger partial charge in [0.15, 0.2) is 11.6 Å². The van der Waals surface area contributed by atoms with Crippen LogP contribution in [0.1, 0.15) is 13.3 Å². The highest BCUT2D eigenvalue weighted by molar-refractivity contribution is 5.90. The average molecular weight is 305 g/mol. The third-order valence-electron chi connectivity index (χ3n) is 4.38. The normalized spacial score (nSPS) is 22.1. The Hall–Kier alpha value is -1.95. The quantitative estimate of drug-likeness (QED) is 0.872. The number of fused-ring (bicyclic) bond motifs is 1. The first-order chi connectivity index (χ1) is 10.6. The molecule has 2 aromatic rings. The first-order valence-corrected chi connectivity index (χ1v) is 7.40. The minimum Gasteiger partial charge on any atom is -0.494 e. The van der Waals surface area contributed by atoms with Crippen molar-refractivity contribution in [1.29, 1.82) is 0 Å². The Balaban J connectivity index is 2.03. The predicted octanol–water partition coefficient (Wildman–Crippen LogP) is 2.64. The molecule has 0 unspecified atom stereocenters. The van der Waals surface area contributed by atoms with Gasteiger partial charge in [0.2, 0.25) is 0 Å². The van der Waals surface area contributed by atoms with Gasteiger partial charge in [0.1, 0.15) is 12.1 Å². The van der Waals surface area contributed by atoms with Crippen LogP contribution in [0.25, 0.3) is 10.9 Å². The Morgan fingerprint density at radius 3 is 2.82 bits per heavy atom. The third kappa shape index (κ3) is 2.59. The van der Waals surface area contributed by atoms with E-state index in [-0.39, 0.29) is 11.9 Å². The van der Waals surface area contributed by atoms with Crippen LogP contribution in [-0.4, -0.2) is 43.4 Å². The SMILES string of the molecule is COc1cc2c(N3CC[C@H](C)[C@@H](OC)C3)ncnc2cc1F. The fourth-order valence-corrected chi connectivity index (χ4v) is 2.99. The zero-order chi connectivity index (χ0) is 15.7. The number of aromatic nitrogens is 2. The van der Waals surface area contributed by atoms with Crippen LogP contribution >= 0.6 is 0 Å². The lowest BCUT2D eigenvalue weighted by Gasteiger charge is -2.37. The van der Waals surface area contributed by atoms with Gasteiger partial charge in [0.05, 0.1) is 18.7 Å². The van der Waals surface area contributed by atoms with Crippen LogP contribution in [0.2, 0.25) is 0 Å². The van der Waals surface area contributed by atoms with Crippen molar-refractivity contribution in [2.75, 3.05) is 32.2 Å². The molecule has 0 saturated carbocycles. The van der Waals surface area contributed by atoms with Gasteiger partial charge in [0, 0.05) is 31.7 Å². The molecule has 118 valence electrons. The molecule has 2 atom stereocenters. The van der Waals surface area contributed by atoms with Crippen molar-refractivity contribution < 1.29 is 13.9 Å². The maximum atomic E-state index is 13.8. The fourth-order valence-electron chi connectivity index (χ4n) is 2.99. The molecule has 0 aliphatic carbocycles. The minimum atomic E-state index is -0.415. The van der Waals surface area contributed by atoms with Crippen molar-refractivity contribution in [2.45, 2.75) is 19.4 Å². The van der Waals surface area contributed by atoms with Gasteiger partial charge in [-0.2, -0.15) is 0 Å². The van der Waals surface area contributed by atoms with Crippen LogP contribution in [0.15, 0.2) is 18.5 Å². The second-order valence-electron chi connectivity index (χ2n) is 5.69. The smallest absolute Gasteiger partial charge is 0.167 e. The lowest BCUT2D eigenvalue weighted by molar-refractivity contribution is 0.0497. The van der Waals surface area contributed by atoms with E-state index in [0.29, 0.717) is 11.4 Å². The van der Waals surface area contributed by atoms with E-state index in [0.717, 1.165) is 30.7 Å². The summed E-state index contributed by atoms with van der Waals surface area (Å²) < 4.78 is 24.5. The molecule has 1 fully saturated rings. The second-order valence-corrected chi connectivity index (χ2v) is 5.69. The second kappa shape index (κ2) is 6.04. The Bertz CT molecular complexity index is 680. The zero-order valence-corrected chi connectivity index (χ0v) is 13.0. The molecule has 0 amide bonds. The van der Waals surface area contributed by atoms with Gasteiger partial charge in [-0.15, -0.1) is 0 Å². The molecule has 1 aromatic heterocycles. The van der Waals surface area contributed by atoms with E-state index in [9.17, 15) is 4.39 Å². The van der Waals surface area contributed by atoms with Gasteiger partial charge in [-0.3, -0.25) is 0 Å². The number of halogens is 1. The van der Waals surface area contributed by atoms with Crippen LogP contribution < -0.4 is 9.64 Å². The first kappa shape index (κ1) is 15.0. The third-order valence-corrected chi connectivity index (χ3v) is 4.38. The van der Waals surface area contributed by atoms with Crippen molar-refractivity contribution in [2.24, 2.45) is 5.92 Å². The molecule has 3 rings (SSSR count). The van der Waals surface area contributed by atoms with Gasteiger partial charge >= 0.3 is 0 Å². The summed E-state index contributed by atoms with van der Waals surface area (Å²) in [5, 5.41) is 0.796. The Labute approximate surface area is 129 Å². The van der Waals surface area contributed by atoms with Crippen molar-refractivity contribution >= 4 is 16.7 Å². The molecule has 1 aliphatic heterocycles. The molecule has 2 heterocycles. The van der Waals surface area contributed by atoms with Crippen molar-refractivity contribution in [3.05, 3.63) is 24.3 Å². The number of piperidine rings is 1. The lowest BCUT2D eigenvalue weighted by Crippen LogP contribution is -2.44. The largest absolute Gasteiger partial charge is 0.494 e. The zero-order valence-electron chi connectivity index (χ0n) is 13.0. The molecule has 1 aliphatic rings. The number of anilines is 1. The molecular weight excluding hydrogens is 285 g/mol. The van der Waals surface area contributed by atoms with E-state index in [2.05, 4.69) is 21.8 Å². The molecule has 0 bridgehead atoms. The molecule has 5 nitrogen and oxygen atoms in total. The number of hydrogen-bond donors (Lipinski definition) is 0. The maximum absolute atomic E-state index is 13.8. The number of nitrogens with zero attached hydrogens (tertiary/aromatic N) is 3. The molecule has 1 saturated heterocycles. The van der Waals surface area contributed by atoms with Gasteiger partial charge in [-0.25, -0.2) is 14.4 Å². The predicted molar refractivity (Wildman–Crippen MR) is 82.8 cm³/mol. The van der Waals surface area contributed by atoms with Crippen LogP contribution in [0.3, 0.4) is 0 Å². The van der Waals surface area contributed by atoms with E-state index in [1.807, 2.05) is 0 Å². The monoisotopic (exact) mass is 305 g/mol. The highest BCUT2D eigenvalue weighted by atomic mass is 19.1. The molecule has 1 aromatic carbocycles. The maximum Gasteiger partial charge on any atom is 0.167 e. The lowest BCUT2D eigenvalue weighted by atomic mass is 9.95. The Kier molecular flexibility index (Phi) is 4.11. The minimum absolute atomic E-state index is 0.168. The van der Waals surface area contributed by atoms with Crippen LogP contribution in [0.5, 0.6) is 5.75 Å². The van der Waals surface area contributed by atoms with Crippen molar-refractivity contribution in [3.63, 3.8) is 0 Å². The van der Waals surface area contributed by atoms with Crippen LogP contribution in [0.4, 0.5) is 10.2 Å². The van der Waals surface area contributed by atoms with Crippen molar-refractivity contribution in [3.8, 4) is 5.75 Å². The molecular formula is C16H20FN3O2. The summed E-state index contributed by atoms with van der Waals surface area (Å²) in [6.45, 7) is 3.86. The van der Waals surface area contributed by atoms with E-state index in [1.54, 1.807) is 13.2 Å². The fraction of sp³-hybridized carbons (Fsp3) is 0.500. The standard InChI is InChI=1S/C16H20FN3O2/c1-10-4-5-20(8-15(10)22-3)16-11-6-14(21-2)12(17)7-13(11)18-9-19-16/h6-7,9-10,15H,4-5,8H2,1-3H3/t10-,15-/m0/s1. The summed E-state index contributed by atoms with van der Waals surface area (Å²) >= 11 is 0. The average Bonchev–Trinajstić information content (AvgIpc) is 2.54. The van der Waals surface area contributed by atoms with Gasteiger partial charge in [0.25, 0.3) is 0 Å². The molecule has 6 heteroatoms. The summed E-state index contributed by atoms with van der Waals surface area (Å²) in [4.78, 5) is 10.7. The summed E-state index contributed by atoms with van der Waals surface area (Å²) in [6.07, 6.45) is 2.67. The highest BCUT2D eigenvalue weighted by Gasteiger charge is 2.28. The van der Waals surface area contributed by atoms with Gasteiger partial charge in [-0.1, -0.05) is 6.92 Å². The number of rotatable bonds is 3. The molecule has 22 heavy (non-hydrogen) atoms. The summed E-state index contributed by atoms with van der Waals surface area (Å²) in [5.41, 5.74) is 0.580. The number of ether oxygens (including phenoxy) is 2. The number of methoxy groups -OCH3 is 2. The topological polar surface area (TPSA) is 47.5 Å². The molecule has 0 N–H and O–H groups in total. The van der Waals surface area contributed by atoms with Crippen LogP contribution in [-0.2, 0) is 4.74 Å². The van der Waals surface area contributed by atoms with Gasteiger partial charge < -0.3 is 14.4 Å². The summed E-state index contributed by atoms with van der Waals surface area (Å²) in [6, 6.07) is 3.06. The number of hydrogen-bond acceptors (Lipinski definition) is 5. The van der Waals surface area contributed by atoms with E-state index < -0.39 is 5.82 Å². The number of benzene rings is 1. The van der Waals surface area contributed by atoms with Crippen molar-refractivity contribution in [1.82, 2.24) is 9.97 Å². The highest BCUT2D eigenvalue weighted by Crippen LogP contribution is 2.31. The Morgan fingerprint density at radius 2 is 2.09 bits per heavy atom. The summed E-state index contributed by atoms with van der Waals surface area (Å²) in [7, 11) is 3.19.